The van der Waals surface area contributed by atoms with Crippen LogP contribution in [0.2, 0.25) is 0 Å². The van der Waals surface area contributed by atoms with Gasteiger partial charge in [-0.1, -0.05) is 0 Å². The van der Waals surface area contributed by atoms with E-state index < -0.39 is 19.4 Å². The second kappa shape index (κ2) is 8.61. The van der Waals surface area contributed by atoms with Crippen molar-refractivity contribution in [1.82, 2.24) is 10.2 Å². The molecule has 154 valence electrons. The van der Waals surface area contributed by atoms with Gasteiger partial charge in [0, 0.05) is 12.2 Å². The van der Waals surface area contributed by atoms with Crippen molar-refractivity contribution in [3.63, 3.8) is 0 Å². The summed E-state index contributed by atoms with van der Waals surface area (Å²) < 4.78 is 18.3. The number of carbonyl (C=O) groups excluding carboxylic acids is 2. The minimum atomic E-state index is -4.10. The predicted molar refractivity (Wildman–Crippen MR) is 105 cm³/mol. The lowest BCUT2D eigenvalue weighted by Crippen LogP contribution is -2.46. The number of nitrogens with two attached hydrogens (primary N) is 1. The van der Waals surface area contributed by atoms with Crippen LogP contribution in [0.5, 0.6) is 5.75 Å². The molecular formula is C18H27N4O5P. The van der Waals surface area contributed by atoms with E-state index in [1.807, 2.05) is 0 Å². The Morgan fingerprint density at radius 2 is 2.04 bits per heavy atom. The van der Waals surface area contributed by atoms with E-state index in [-0.39, 0.29) is 23.6 Å². The van der Waals surface area contributed by atoms with Crippen molar-refractivity contribution in [1.29, 1.82) is 0 Å². The molecule has 0 radical (unpaired) electrons. The first-order chi connectivity index (χ1) is 13.3. The molecule has 1 unspecified atom stereocenters. The van der Waals surface area contributed by atoms with E-state index in [9.17, 15) is 19.0 Å². The molecule has 2 amide bonds. The summed E-state index contributed by atoms with van der Waals surface area (Å²) >= 11 is 0. The minimum absolute atomic E-state index is 0.133. The number of hydrogen-bond acceptors (Lipinski definition) is 6. The molecule has 1 aromatic rings. The molecule has 2 fully saturated rings. The average Bonchev–Trinajstić information content (AvgIpc) is 3.34. The fourth-order valence-corrected chi connectivity index (χ4v) is 5.14. The van der Waals surface area contributed by atoms with Gasteiger partial charge in [-0.3, -0.25) is 9.59 Å². The van der Waals surface area contributed by atoms with E-state index in [0.29, 0.717) is 25.1 Å². The Hall–Kier alpha value is -1.93. The quantitative estimate of drug-likeness (QED) is 0.518. The molecule has 2 heterocycles. The summed E-state index contributed by atoms with van der Waals surface area (Å²) in [5.74, 6) is -1.11. The Morgan fingerprint density at radius 1 is 1.32 bits per heavy atom. The standard InChI is InChI=1S/C18H27N4O5P/c1-12(19)17(23)21-13-6-8-14(9-7-13)27-28(25,26)16-5-3-11-22(16)18(24)15-4-2-10-20-15/h6-9,12,15-16,20H,2-5,10-11,19H2,1H3,(H,21,23)(H,25,26)/t12-,15-,16+/m0/s1. The molecule has 9 nitrogen and oxygen atoms in total. The summed E-state index contributed by atoms with van der Waals surface area (Å²) in [4.78, 5) is 36.3. The fourth-order valence-electron chi connectivity index (χ4n) is 3.51. The smallest absolute Gasteiger partial charge is 0.398 e. The zero-order valence-corrected chi connectivity index (χ0v) is 16.7. The van der Waals surface area contributed by atoms with Crippen LogP contribution in [0.3, 0.4) is 0 Å². The molecule has 4 atom stereocenters. The molecule has 0 bridgehead atoms. The van der Waals surface area contributed by atoms with E-state index in [4.69, 9.17) is 10.3 Å². The summed E-state index contributed by atoms with van der Waals surface area (Å²) in [6, 6.07) is 5.20. The van der Waals surface area contributed by atoms with Crippen LogP contribution in [0.1, 0.15) is 32.6 Å². The monoisotopic (exact) mass is 410 g/mol. The molecule has 0 aliphatic carbocycles. The van der Waals surface area contributed by atoms with Gasteiger partial charge in [0.25, 0.3) is 0 Å². The molecular weight excluding hydrogens is 383 g/mol. The molecule has 10 heteroatoms. The van der Waals surface area contributed by atoms with Gasteiger partial charge in [-0.25, -0.2) is 4.57 Å². The Balaban J connectivity index is 1.66. The maximum Gasteiger partial charge on any atom is 0.398 e. The number of likely N-dealkylation sites (tertiary alicyclic amines) is 1. The van der Waals surface area contributed by atoms with Crippen molar-refractivity contribution < 1.29 is 23.6 Å². The van der Waals surface area contributed by atoms with Crippen molar-refractivity contribution in [3.05, 3.63) is 24.3 Å². The van der Waals surface area contributed by atoms with Gasteiger partial charge in [-0.05, 0) is 63.4 Å². The third kappa shape index (κ3) is 4.72. The van der Waals surface area contributed by atoms with Crippen LogP contribution in [0, 0.1) is 0 Å². The summed E-state index contributed by atoms with van der Waals surface area (Å²) in [7, 11) is -4.10. The van der Waals surface area contributed by atoms with Crippen LogP contribution in [0.15, 0.2) is 24.3 Å². The molecule has 3 rings (SSSR count). The fraction of sp³-hybridized carbons (Fsp3) is 0.556. The molecule has 1 aromatic carbocycles. The summed E-state index contributed by atoms with van der Waals surface area (Å²) in [6.45, 7) is 2.82. The first kappa shape index (κ1) is 20.8. The highest BCUT2D eigenvalue weighted by molar-refractivity contribution is 7.54. The predicted octanol–water partition coefficient (Wildman–Crippen LogP) is 1.24. The van der Waals surface area contributed by atoms with Gasteiger partial charge in [0.1, 0.15) is 11.5 Å². The highest BCUT2D eigenvalue weighted by Gasteiger charge is 2.45. The van der Waals surface area contributed by atoms with Gasteiger partial charge < -0.3 is 30.7 Å². The normalized spacial score (nSPS) is 25.2. The SMILES string of the molecule is C[C@H](N)C(=O)Nc1ccc(OP(=O)(O)[C@@H]2CCCN2C(=O)[C@@H]2CCCN2)cc1. The highest BCUT2D eigenvalue weighted by Crippen LogP contribution is 2.53. The average molecular weight is 410 g/mol. The number of nitrogens with zero attached hydrogens (tertiary/aromatic N) is 1. The largest absolute Gasteiger partial charge is 0.423 e. The number of carbonyl (C=O) groups is 2. The van der Waals surface area contributed by atoms with Crippen LogP contribution < -0.4 is 20.9 Å². The van der Waals surface area contributed by atoms with Crippen LogP contribution in [-0.2, 0) is 14.2 Å². The van der Waals surface area contributed by atoms with Gasteiger partial charge in [0.05, 0.1) is 12.1 Å². The zero-order chi connectivity index (χ0) is 20.3. The van der Waals surface area contributed by atoms with Gasteiger partial charge in [-0.15, -0.1) is 0 Å². The molecule has 0 saturated carbocycles. The van der Waals surface area contributed by atoms with Crippen molar-refractivity contribution in [3.8, 4) is 5.75 Å². The minimum Gasteiger partial charge on any atom is -0.423 e. The van der Waals surface area contributed by atoms with E-state index in [1.54, 1.807) is 19.1 Å². The maximum atomic E-state index is 12.9. The number of amides is 2. The van der Waals surface area contributed by atoms with E-state index in [1.165, 1.54) is 17.0 Å². The Kier molecular flexibility index (Phi) is 6.40. The van der Waals surface area contributed by atoms with Crippen LogP contribution in [-0.4, -0.2) is 52.6 Å². The van der Waals surface area contributed by atoms with Crippen molar-refractivity contribution >= 4 is 25.1 Å². The van der Waals surface area contributed by atoms with Crippen LogP contribution in [0.25, 0.3) is 0 Å². The molecule has 5 N–H and O–H groups in total. The van der Waals surface area contributed by atoms with Crippen molar-refractivity contribution in [2.24, 2.45) is 5.73 Å². The summed E-state index contributed by atoms with van der Waals surface area (Å²) in [5.41, 5.74) is 6.01. The third-order valence-electron chi connectivity index (χ3n) is 5.01. The zero-order valence-electron chi connectivity index (χ0n) is 15.8. The first-order valence-electron chi connectivity index (χ1n) is 9.50. The lowest BCUT2D eigenvalue weighted by Gasteiger charge is -2.29. The molecule has 0 spiro atoms. The second-order valence-electron chi connectivity index (χ2n) is 7.26. The number of anilines is 1. The van der Waals surface area contributed by atoms with E-state index >= 15 is 0 Å². The molecule has 28 heavy (non-hydrogen) atoms. The van der Waals surface area contributed by atoms with Gasteiger partial charge in [-0.2, -0.15) is 0 Å². The first-order valence-corrected chi connectivity index (χ1v) is 11.1. The Morgan fingerprint density at radius 3 is 2.64 bits per heavy atom. The van der Waals surface area contributed by atoms with Crippen molar-refractivity contribution in [2.45, 2.75) is 50.5 Å². The number of benzene rings is 1. The molecule has 2 saturated heterocycles. The maximum absolute atomic E-state index is 12.9. The van der Waals surface area contributed by atoms with Gasteiger partial charge in [0.15, 0.2) is 0 Å². The number of rotatable bonds is 6. The molecule has 0 aromatic heterocycles. The second-order valence-corrected chi connectivity index (χ2v) is 9.17. The highest BCUT2D eigenvalue weighted by atomic mass is 31.2. The van der Waals surface area contributed by atoms with Crippen LogP contribution in [0.4, 0.5) is 5.69 Å². The van der Waals surface area contributed by atoms with Gasteiger partial charge in [0.2, 0.25) is 11.8 Å². The van der Waals surface area contributed by atoms with Crippen LogP contribution >= 0.6 is 7.60 Å². The Bertz CT molecular complexity index is 764. The van der Waals surface area contributed by atoms with E-state index in [0.717, 1.165) is 19.4 Å². The molecule has 2 aliphatic rings. The lowest BCUT2D eigenvalue weighted by molar-refractivity contribution is -0.132. The number of hydrogen-bond donors (Lipinski definition) is 4. The third-order valence-corrected chi connectivity index (χ3v) is 6.77. The van der Waals surface area contributed by atoms with Crippen molar-refractivity contribution in [2.75, 3.05) is 18.4 Å². The van der Waals surface area contributed by atoms with E-state index in [2.05, 4.69) is 10.6 Å². The lowest BCUT2D eigenvalue weighted by atomic mass is 10.2. The van der Waals surface area contributed by atoms with Gasteiger partial charge >= 0.3 is 7.60 Å². The summed E-state index contributed by atoms with van der Waals surface area (Å²) in [6.07, 6.45) is 2.76. The Labute approximate surface area is 164 Å². The summed E-state index contributed by atoms with van der Waals surface area (Å²) in [5, 5.41) is 5.77. The molecule has 2 aliphatic heterocycles. The topological polar surface area (TPSA) is 134 Å². The number of nitrogens with one attached hydrogen (secondary N) is 2.